The Morgan fingerprint density at radius 2 is 1.88 bits per heavy atom. The number of rotatable bonds is 4. The van der Waals surface area contributed by atoms with E-state index in [2.05, 4.69) is 36.5 Å². The first-order valence-electron chi connectivity index (χ1n) is 6.82. The summed E-state index contributed by atoms with van der Waals surface area (Å²) in [6.45, 7) is 5.36. The molecule has 2 rings (SSSR count). The van der Waals surface area contributed by atoms with Crippen LogP contribution in [0.2, 0.25) is 0 Å². The van der Waals surface area contributed by atoms with Crippen molar-refractivity contribution in [2.24, 2.45) is 5.73 Å². The minimum Gasteiger partial charge on any atom is -0.330 e. The van der Waals surface area contributed by atoms with Gasteiger partial charge in [-0.2, -0.15) is 0 Å². The van der Waals surface area contributed by atoms with Crippen molar-refractivity contribution in [1.82, 2.24) is 5.32 Å². The van der Waals surface area contributed by atoms with Crippen LogP contribution in [0.3, 0.4) is 0 Å². The topological polar surface area (TPSA) is 38.0 Å². The van der Waals surface area contributed by atoms with Crippen LogP contribution in [0.4, 0.5) is 0 Å². The largest absolute Gasteiger partial charge is 0.330 e. The van der Waals surface area contributed by atoms with Gasteiger partial charge in [0.1, 0.15) is 0 Å². The predicted molar refractivity (Wildman–Crippen MR) is 73.4 cm³/mol. The zero-order chi connectivity index (χ0) is 12.1. The third-order valence-corrected chi connectivity index (χ3v) is 3.92. The molecule has 1 saturated heterocycles. The van der Waals surface area contributed by atoms with Gasteiger partial charge in [0.05, 0.1) is 0 Å². The molecule has 0 amide bonds. The van der Waals surface area contributed by atoms with Crippen molar-refractivity contribution in [2.75, 3.05) is 19.6 Å². The SMILES string of the molecule is CC(CCN)c1ccc(C2CCNCC2)cc1. The van der Waals surface area contributed by atoms with Gasteiger partial charge in [0.2, 0.25) is 0 Å². The molecule has 2 nitrogen and oxygen atoms in total. The van der Waals surface area contributed by atoms with E-state index in [-0.39, 0.29) is 0 Å². The lowest BCUT2D eigenvalue weighted by Crippen LogP contribution is -2.26. The van der Waals surface area contributed by atoms with Crippen LogP contribution in [0.25, 0.3) is 0 Å². The Balaban J connectivity index is 2.01. The molecule has 17 heavy (non-hydrogen) atoms. The molecular formula is C15H24N2. The molecule has 0 bridgehead atoms. The zero-order valence-electron chi connectivity index (χ0n) is 10.8. The fraction of sp³-hybridized carbons (Fsp3) is 0.600. The molecule has 1 unspecified atom stereocenters. The van der Waals surface area contributed by atoms with Gasteiger partial charge in [-0.1, -0.05) is 31.2 Å². The molecule has 1 aromatic carbocycles. The number of piperidine rings is 1. The first-order valence-corrected chi connectivity index (χ1v) is 6.82. The van der Waals surface area contributed by atoms with E-state index in [0.29, 0.717) is 5.92 Å². The summed E-state index contributed by atoms with van der Waals surface area (Å²) in [5, 5.41) is 3.42. The van der Waals surface area contributed by atoms with Crippen molar-refractivity contribution in [3.63, 3.8) is 0 Å². The summed E-state index contributed by atoms with van der Waals surface area (Å²) in [7, 11) is 0. The smallest absolute Gasteiger partial charge is 0.00431 e. The van der Waals surface area contributed by atoms with Crippen molar-refractivity contribution >= 4 is 0 Å². The van der Waals surface area contributed by atoms with Crippen molar-refractivity contribution in [1.29, 1.82) is 0 Å². The lowest BCUT2D eigenvalue weighted by molar-refractivity contribution is 0.460. The van der Waals surface area contributed by atoms with E-state index in [1.54, 1.807) is 0 Å². The standard InChI is InChI=1S/C15H24N2/c1-12(6-9-16)13-2-4-14(5-3-13)15-7-10-17-11-8-15/h2-5,12,15,17H,6-11,16H2,1H3. The lowest BCUT2D eigenvalue weighted by atomic mass is 9.88. The Labute approximate surface area is 105 Å². The lowest BCUT2D eigenvalue weighted by Gasteiger charge is -2.23. The van der Waals surface area contributed by atoms with E-state index in [1.807, 2.05) is 0 Å². The van der Waals surface area contributed by atoms with Gasteiger partial charge in [-0.05, 0) is 61.9 Å². The molecule has 1 aromatic rings. The highest BCUT2D eigenvalue weighted by molar-refractivity contribution is 5.27. The third kappa shape index (κ3) is 3.30. The number of hydrogen-bond donors (Lipinski definition) is 2. The summed E-state index contributed by atoms with van der Waals surface area (Å²) in [6.07, 6.45) is 3.63. The van der Waals surface area contributed by atoms with Crippen LogP contribution in [-0.4, -0.2) is 19.6 Å². The van der Waals surface area contributed by atoms with Crippen molar-refractivity contribution < 1.29 is 0 Å². The van der Waals surface area contributed by atoms with E-state index >= 15 is 0 Å². The van der Waals surface area contributed by atoms with E-state index in [4.69, 9.17) is 5.73 Å². The van der Waals surface area contributed by atoms with Crippen LogP contribution in [-0.2, 0) is 0 Å². The number of nitrogens with one attached hydrogen (secondary N) is 1. The van der Waals surface area contributed by atoms with E-state index in [9.17, 15) is 0 Å². The summed E-state index contributed by atoms with van der Waals surface area (Å²) < 4.78 is 0. The molecule has 2 heteroatoms. The molecule has 0 spiro atoms. The first kappa shape index (κ1) is 12.6. The van der Waals surface area contributed by atoms with Crippen LogP contribution in [0.15, 0.2) is 24.3 Å². The van der Waals surface area contributed by atoms with Gasteiger partial charge in [0, 0.05) is 0 Å². The molecule has 94 valence electrons. The maximum Gasteiger partial charge on any atom is -0.00431 e. The summed E-state index contributed by atoms with van der Waals surface area (Å²) >= 11 is 0. The Bertz CT molecular complexity index is 325. The highest BCUT2D eigenvalue weighted by Crippen LogP contribution is 2.27. The minimum absolute atomic E-state index is 0.585. The molecular weight excluding hydrogens is 208 g/mol. The van der Waals surface area contributed by atoms with E-state index in [0.717, 1.165) is 32.0 Å². The van der Waals surface area contributed by atoms with Crippen molar-refractivity contribution in [2.45, 2.75) is 38.0 Å². The highest BCUT2D eigenvalue weighted by Gasteiger charge is 2.15. The average molecular weight is 232 g/mol. The molecule has 0 aliphatic carbocycles. The monoisotopic (exact) mass is 232 g/mol. The first-order chi connectivity index (χ1) is 8.31. The average Bonchev–Trinajstić information content (AvgIpc) is 2.40. The maximum absolute atomic E-state index is 5.61. The highest BCUT2D eigenvalue weighted by atomic mass is 14.9. The van der Waals surface area contributed by atoms with Gasteiger partial charge in [-0.3, -0.25) is 0 Å². The summed E-state index contributed by atoms with van der Waals surface area (Å²) in [6, 6.07) is 9.21. The minimum atomic E-state index is 0.585. The van der Waals surface area contributed by atoms with Crippen LogP contribution in [0.5, 0.6) is 0 Å². The summed E-state index contributed by atoms with van der Waals surface area (Å²) in [5.74, 6) is 1.34. The normalized spacial score (nSPS) is 19.2. The summed E-state index contributed by atoms with van der Waals surface area (Å²) in [5.41, 5.74) is 8.54. The quantitative estimate of drug-likeness (QED) is 0.837. The van der Waals surface area contributed by atoms with Gasteiger partial charge < -0.3 is 11.1 Å². The number of hydrogen-bond acceptors (Lipinski definition) is 2. The van der Waals surface area contributed by atoms with Crippen LogP contribution < -0.4 is 11.1 Å². The van der Waals surface area contributed by atoms with Crippen LogP contribution in [0, 0.1) is 0 Å². The molecule has 3 N–H and O–H groups in total. The number of nitrogens with two attached hydrogens (primary N) is 1. The molecule has 1 aliphatic heterocycles. The van der Waals surface area contributed by atoms with Crippen LogP contribution in [0.1, 0.15) is 49.1 Å². The predicted octanol–water partition coefficient (Wildman–Crippen LogP) is 2.61. The molecule has 1 heterocycles. The second-order valence-corrected chi connectivity index (χ2v) is 5.17. The fourth-order valence-corrected chi connectivity index (χ4v) is 2.67. The zero-order valence-corrected chi connectivity index (χ0v) is 10.8. The Morgan fingerprint density at radius 3 is 2.47 bits per heavy atom. The van der Waals surface area contributed by atoms with Gasteiger partial charge >= 0.3 is 0 Å². The molecule has 1 atom stereocenters. The molecule has 0 saturated carbocycles. The van der Waals surface area contributed by atoms with Gasteiger partial charge in [0.25, 0.3) is 0 Å². The molecule has 1 fully saturated rings. The molecule has 0 radical (unpaired) electrons. The number of benzene rings is 1. The Kier molecular flexibility index (Phi) is 4.57. The van der Waals surface area contributed by atoms with Crippen LogP contribution >= 0.6 is 0 Å². The Hall–Kier alpha value is -0.860. The second-order valence-electron chi connectivity index (χ2n) is 5.17. The fourth-order valence-electron chi connectivity index (χ4n) is 2.67. The van der Waals surface area contributed by atoms with E-state index < -0.39 is 0 Å². The van der Waals surface area contributed by atoms with Gasteiger partial charge in [-0.25, -0.2) is 0 Å². The van der Waals surface area contributed by atoms with Crippen molar-refractivity contribution in [3.8, 4) is 0 Å². The van der Waals surface area contributed by atoms with Gasteiger partial charge in [0.15, 0.2) is 0 Å². The molecule has 1 aliphatic rings. The van der Waals surface area contributed by atoms with E-state index in [1.165, 1.54) is 24.0 Å². The maximum atomic E-state index is 5.61. The third-order valence-electron chi connectivity index (χ3n) is 3.92. The molecule has 0 aromatic heterocycles. The van der Waals surface area contributed by atoms with Gasteiger partial charge in [-0.15, -0.1) is 0 Å². The summed E-state index contributed by atoms with van der Waals surface area (Å²) in [4.78, 5) is 0. The Morgan fingerprint density at radius 1 is 1.24 bits per heavy atom. The second kappa shape index (κ2) is 6.18. The van der Waals surface area contributed by atoms with Crippen molar-refractivity contribution in [3.05, 3.63) is 35.4 Å².